The van der Waals surface area contributed by atoms with Crippen molar-refractivity contribution in [2.45, 2.75) is 32.9 Å². The standard InChI is InChI=1S/C22H25N3O3/c1-22(2,3)28-21(27)24(4)14-15-25-20(26)18-13-9-8-12-17(18)19(23-25)16-10-6-5-7-11-16/h5-13H,14-15H2,1-4H3. The van der Waals surface area contributed by atoms with E-state index in [1.165, 1.54) is 9.58 Å². The van der Waals surface area contributed by atoms with Gasteiger partial charge in [0.25, 0.3) is 5.56 Å². The number of benzene rings is 2. The Kier molecular flexibility index (Phi) is 5.49. The van der Waals surface area contributed by atoms with Gasteiger partial charge in [-0.3, -0.25) is 4.79 Å². The molecule has 0 radical (unpaired) electrons. The third kappa shape index (κ3) is 4.39. The predicted octanol–water partition coefficient (Wildman–Crippen LogP) is 3.93. The summed E-state index contributed by atoms with van der Waals surface area (Å²) in [5, 5.41) is 6.02. The maximum absolute atomic E-state index is 12.9. The maximum Gasteiger partial charge on any atom is 0.410 e. The lowest BCUT2D eigenvalue weighted by molar-refractivity contribution is 0.0291. The van der Waals surface area contributed by atoms with E-state index in [0.29, 0.717) is 11.9 Å². The van der Waals surface area contributed by atoms with E-state index in [-0.39, 0.29) is 12.1 Å². The fraction of sp³-hybridized carbons (Fsp3) is 0.318. The van der Waals surface area contributed by atoms with Crippen LogP contribution in [0.1, 0.15) is 20.8 Å². The van der Waals surface area contributed by atoms with Crippen LogP contribution in [0.15, 0.2) is 59.4 Å². The summed E-state index contributed by atoms with van der Waals surface area (Å²) in [6.07, 6.45) is -0.426. The molecule has 0 spiro atoms. The third-order valence-electron chi connectivity index (χ3n) is 4.27. The average molecular weight is 379 g/mol. The summed E-state index contributed by atoms with van der Waals surface area (Å²) in [4.78, 5) is 26.5. The average Bonchev–Trinajstić information content (AvgIpc) is 2.66. The number of hydrogen-bond acceptors (Lipinski definition) is 4. The number of hydrogen-bond donors (Lipinski definition) is 0. The normalized spacial score (nSPS) is 11.4. The molecule has 0 aliphatic heterocycles. The van der Waals surface area contributed by atoms with Crippen LogP contribution >= 0.6 is 0 Å². The quantitative estimate of drug-likeness (QED) is 0.689. The smallest absolute Gasteiger partial charge is 0.410 e. The van der Waals surface area contributed by atoms with Crippen molar-refractivity contribution in [3.63, 3.8) is 0 Å². The van der Waals surface area contributed by atoms with Gasteiger partial charge in [0.05, 0.1) is 17.6 Å². The first-order valence-electron chi connectivity index (χ1n) is 9.26. The Morgan fingerprint density at radius 1 is 1.04 bits per heavy atom. The highest BCUT2D eigenvalue weighted by Crippen LogP contribution is 2.24. The van der Waals surface area contributed by atoms with Gasteiger partial charge in [0, 0.05) is 24.5 Å². The van der Waals surface area contributed by atoms with E-state index in [1.807, 2.05) is 69.3 Å². The molecule has 0 N–H and O–H groups in total. The lowest BCUT2D eigenvalue weighted by Crippen LogP contribution is -2.37. The van der Waals surface area contributed by atoms with Crippen molar-refractivity contribution >= 4 is 16.9 Å². The second-order valence-corrected chi connectivity index (χ2v) is 7.69. The van der Waals surface area contributed by atoms with Gasteiger partial charge in [-0.05, 0) is 26.8 Å². The van der Waals surface area contributed by atoms with Gasteiger partial charge < -0.3 is 9.64 Å². The van der Waals surface area contributed by atoms with Crippen molar-refractivity contribution in [1.82, 2.24) is 14.7 Å². The summed E-state index contributed by atoms with van der Waals surface area (Å²) < 4.78 is 6.78. The minimum Gasteiger partial charge on any atom is -0.444 e. The third-order valence-corrected chi connectivity index (χ3v) is 4.27. The highest BCUT2D eigenvalue weighted by atomic mass is 16.6. The van der Waals surface area contributed by atoms with Crippen LogP contribution in [0.2, 0.25) is 0 Å². The monoisotopic (exact) mass is 379 g/mol. The summed E-state index contributed by atoms with van der Waals surface area (Å²) in [5.74, 6) is 0. The zero-order chi connectivity index (χ0) is 20.3. The summed E-state index contributed by atoms with van der Waals surface area (Å²) in [7, 11) is 1.65. The van der Waals surface area contributed by atoms with E-state index in [9.17, 15) is 9.59 Å². The zero-order valence-electron chi connectivity index (χ0n) is 16.7. The van der Waals surface area contributed by atoms with E-state index in [1.54, 1.807) is 13.1 Å². The molecule has 3 rings (SSSR count). The molecule has 0 saturated carbocycles. The number of nitrogens with zero attached hydrogens (tertiary/aromatic N) is 3. The van der Waals surface area contributed by atoms with Crippen LogP contribution in [0.3, 0.4) is 0 Å². The number of carbonyl (C=O) groups excluding carboxylic acids is 1. The van der Waals surface area contributed by atoms with Crippen molar-refractivity contribution in [3.05, 3.63) is 65.0 Å². The number of rotatable bonds is 4. The molecular weight excluding hydrogens is 354 g/mol. The largest absolute Gasteiger partial charge is 0.444 e. The van der Waals surface area contributed by atoms with Crippen LogP contribution in [0.4, 0.5) is 4.79 Å². The molecule has 0 aliphatic rings. The Morgan fingerprint density at radius 3 is 2.29 bits per heavy atom. The number of carbonyl (C=O) groups is 1. The Balaban J connectivity index is 1.93. The van der Waals surface area contributed by atoms with Gasteiger partial charge in [-0.15, -0.1) is 0 Å². The second-order valence-electron chi connectivity index (χ2n) is 7.69. The number of amides is 1. The Hall–Kier alpha value is -3.15. The van der Waals surface area contributed by atoms with Gasteiger partial charge in [-0.2, -0.15) is 5.10 Å². The minimum absolute atomic E-state index is 0.173. The minimum atomic E-state index is -0.566. The highest BCUT2D eigenvalue weighted by molar-refractivity contribution is 5.93. The molecule has 1 heterocycles. The summed E-state index contributed by atoms with van der Waals surface area (Å²) >= 11 is 0. The number of fused-ring (bicyclic) bond motifs is 1. The SMILES string of the molecule is CN(CCn1nc(-c2ccccc2)c2ccccc2c1=O)C(=O)OC(C)(C)C. The first-order valence-corrected chi connectivity index (χ1v) is 9.26. The van der Waals surface area contributed by atoms with Crippen molar-refractivity contribution in [1.29, 1.82) is 0 Å². The van der Waals surface area contributed by atoms with Gasteiger partial charge in [-0.25, -0.2) is 9.48 Å². The van der Waals surface area contributed by atoms with Crippen molar-refractivity contribution in [2.75, 3.05) is 13.6 Å². The number of likely N-dealkylation sites (N-methyl/N-ethyl adjacent to an activating group) is 1. The van der Waals surface area contributed by atoms with Gasteiger partial charge in [-0.1, -0.05) is 48.5 Å². The molecule has 0 atom stereocenters. The molecule has 0 aliphatic carbocycles. The molecule has 146 valence electrons. The maximum atomic E-state index is 12.9. The first-order chi connectivity index (χ1) is 13.3. The van der Waals surface area contributed by atoms with E-state index in [4.69, 9.17) is 4.74 Å². The fourth-order valence-electron chi connectivity index (χ4n) is 2.87. The lowest BCUT2D eigenvalue weighted by atomic mass is 10.1. The van der Waals surface area contributed by atoms with Crippen LogP contribution in [0.25, 0.3) is 22.0 Å². The summed E-state index contributed by atoms with van der Waals surface area (Å²) in [6, 6.07) is 17.2. The molecule has 6 heteroatoms. The van der Waals surface area contributed by atoms with Gasteiger partial charge >= 0.3 is 6.09 Å². The second kappa shape index (κ2) is 7.84. The van der Waals surface area contributed by atoms with Crippen LogP contribution in [-0.2, 0) is 11.3 Å². The fourth-order valence-corrected chi connectivity index (χ4v) is 2.87. The Bertz CT molecular complexity index is 1040. The molecule has 0 unspecified atom stereocenters. The van der Waals surface area contributed by atoms with Crippen LogP contribution in [0, 0.1) is 0 Å². The molecule has 0 saturated heterocycles. The Labute approximate surface area is 164 Å². The van der Waals surface area contributed by atoms with Gasteiger partial charge in [0.15, 0.2) is 0 Å². The van der Waals surface area contributed by atoms with E-state index in [0.717, 1.165) is 16.6 Å². The molecule has 28 heavy (non-hydrogen) atoms. The molecule has 0 bridgehead atoms. The van der Waals surface area contributed by atoms with Crippen molar-refractivity contribution in [3.8, 4) is 11.3 Å². The summed E-state index contributed by atoms with van der Waals surface area (Å²) in [5.41, 5.74) is 0.945. The molecule has 1 amide bonds. The Morgan fingerprint density at radius 2 is 1.64 bits per heavy atom. The number of aromatic nitrogens is 2. The van der Waals surface area contributed by atoms with Gasteiger partial charge in [0.1, 0.15) is 5.60 Å². The van der Waals surface area contributed by atoms with E-state index >= 15 is 0 Å². The lowest BCUT2D eigenvalue weighted by Gasteiger charge is -2.24. The molecule has 1 aromatic heterocycles. The zero-order valence-corrected chi connectivity index (χ0v) is 16.7. The molecule has 2 aromatic carbocycles. The van der Waals surface area contributed by atoms with E-state index in [2.05, 4.69) is 5.10 Å². The molecule has 3 aromatic rings. The molecule has 0 fully saturated rings. The highest BCUT2D eigenvalue weighted by Gasteiger charge is 2.20. The van der Waals surface area contributed by atoms with Crippen LogP contribution in [-0.4, -0.2) is 40.0 Å². The van der Waals surface area contributed by atoms with Crippen LogP contribution < -0.4 is 5.56 Å². The van der Waals surface area contributed by atoms with Crippen molar-refractivity contribution in [2.24, 2.45) is 0 Å². The van der Waals surface area contributed by atoms with E-state index < -0.39 is 11.7 Å². The number of ether oxygens (including phenoxy) is 1. The molecule has 6 nitrogen and oxygen atoms in total. The predicted molar refractivity (Wildman–Crippen MR) is 110 cm³/mol. The van der Waals surface area contributed by atoms with Crippen molar-refractivity contribution < 1.29 is 9.53 Å². The summed E-state index contributed by atoms with van der Waals surface area (Å²) in [6.45, 7) is 6.05. The van der Waals surface area contributed by atoms with Crippen LogP contribution in [0.5, 0.6) is 0 Å². The topological polar surface area (TPSA) is 64.4 Å². The molecular formula is C22H25N3O3. The van der Waals surface area contributed by atoms with Gasteiger partial charge in [0.2, 0.25) is 0 Å². The first kappa shape index (κ1) is 19.6.